The first kappa shape index (κ1) is 13.6. The van der Waals surface area contributed by atoms with Crippen LogP contribution in [-0.4, -0.2) is 41.1 Å². The Hall–Kier alpha value is -1.79. The van der Waals surface area contributed by atoms with Crippen molar-refractivity contribution >= 4 is 29.3 Å². The molecule has 1 aromatic rings. The summed E-state index contributed by atoms with van der Waals surface area (Å²) in [4.78, 5) is 24.6. The van der Waals surface area contributed by atoms with E-state index in [2.05, 4.69) is 5.32 Å². The van der Waals surface area contributed by atoms with Crippen molar-refractivity contribution in [3.05, 3.63) is 28.8 Å². The Morgan fingerprint density at radius 2 is 2.21 bits per heavy atom. The van der Waals surface area contributed by atoms with E-state index in [0.717, 1.165) is 6.42 Å². The van der Waals surface area contributed by atoms with Crippen LogP contribution in [0.1, 0.15) is 16.8 Å². The predicted octanol–water partition coefficient (Wildman–Crippen LogP) is 1.60. The van der Waals surface area contributed by atoms with Crippen molar-refractivity contribution in [1.82, 2.24) is 4.90 Å². The SMILES string of the molecule is NC1CCN(C(=O)Nc2ccc(Cl)cc2C(=O)O)C1. The van der Waals surface area contributed by atoms with Crippen molar-refractivity contribution in [2.45, 2.75) is 12.5 Å². The van der Waals surface area contributed by atoms with Crippen molar-refractivity contribution in [3.63, 3.8) is 0 Å². The number of anilines is 1. The molecule has 1 aliphatic rings. The van der Waals surface area contributed by atoms with E-state index >= 15 is 0 Å². The number of aromatic carboxylic acids is 1. The Morgan fingerprint density at radius 1 is 1.47 bits per heavy atom. The molecule has 2 rings (SSSR count). The number of nitrogens with zero attached hydrogens (tertiary/aromatic N) is 1. The summed E-state index contributed by atoms with van der Waals surface area (Å²) in [7, 11) is 0. The molecule has 0 aliphatic carbocycles. The van der Waals surface area contributed by atoms with Crippen LogP contribution in [0.2, 0.25) is 5.02 Å². The molecule has 1 aromatic carbocycles. The predicted molar refractivity (Wildman–Crippen MR) is 71.6 cm³/mol. The van der Waals surface area contributed by atoms with Crippen LogP contribution in [0, 0.1) is 0 Å². The number of benzene rings is 1. The van der Waals surface area contributed by atoms with Crippen LogP contribution in [-0.2, 0) is 0 Å². The van der Waals surface area contributed by atoms with Crippen molar-refractivity contribution < 1.29 is 14.7 Å². The second-order valence-electron chi connectivity index (χ2n) is 4.42. The molecule has 1 saturated heterocycles. The van der Waals surface area contributed by atoms with Crippen molar-refractivity contribution in [3.8, 4) is 0 Å². The van der Waals surface area contributed by atoms with E-state index in [4.69, 9.17) is 22.4 Å². The molecule has 0 bridgehead atoms. The summed E-state index contributed by atoms with van der Waals surface area (Å²) in [5.74, 6) is -1.14. The molecule has 0 saturated carbocycles. The van der Waals surface area contributed by atoms with Gasteiger partial charge in [-0.15, -0.1) is 0 Å². The second-order valence-corrected chi connectivity index (χ2v) is 4.86. The summed E-state index contributed by atoms with van der Waals surface area (Å²) in [6.45, 7) is 1.05. The summed E-state index contributed by atoms with van der Waals surface area (Å²) < 4.78 is 0. The van der Waals surface area contributed by atoms with E-state index in [1.165, 1.54) is 18.2 Å². The van der Waals surface area contributed by atoms with Gasteiger partial charge in [0.15, 0.2) is 0 Å². The average molecular weight is 284 g/mol. The number of hydrogen-bond donors (Lipinski definition) is 3. The van der Waals surface area contributed by atoms with Gasteiger partial charge in [-0.05, 0) is 24.6 Å². The normalized spacial score (nSPS) is 18.4. The molecule has 0 spiro atoms. The standard InChI is InChI=1S/C12H14ClN3O3/c13-7-1-2-10(9(5-7)11(17)18)15-12(19)16-4-3-8(14)6-16/h1-2,5,8H,3-4,6,14H2,(H,15,19)(H,17,18). The minimum atomic E-state index is -1.14. The van der Waals surface area contributed by atoms with Crippen LogP contribution in [0.15, 0.2) is 18.2 Å². The van der Waals surface area contributed by atoms with Crippen LogP contribution in [0.25, 0.3) is 0 Å². The van der Waals surface area contributed by atoms with Crippen LogP contribution in [0.4, 0.5) is 10.5 Å². The van der Waals surface area contributed by atoms with Crippen LogP contribution in [0.3, 0.4) is 0 Å². The number of hydrogen-bond acceptors (Lipinski definition) is 3. The lowest BCUT2D eigenvalue weighted by molar-refractivity contribution is 0.0698. The molecule has 102 valence electrons. The highest BCUT2D eigenvalue weighted by Crippen LogP contribution is 2.21. The van der Waals surface area contributed by atoms with E-state index in [9.17, 15) is 9.59 Å². The lowest BCUT2D eigenvalue weighted by Crippen LogP contribution is -2.35. The summed E-state index contributed by atoms with van der Waals surface area (Å²) in [5.41, 5.74) is 5.91. The third-order valence-electron chi connectivity index (χ3n) is 2.97. The molecule has 6 nitrogen and oxygen atoms in total. The minimum absolute atomic E-state index is 0.0186. The van der Waals surface area contributed by atoms with Gasteiger partial charge in [0.1, 0.15) is 0 Å². The van der Waals surface area contributed by atoms with E-state index in [0.29, 0.717) is 18.1 Å². The number of likely N-dealkylation sites (tertiary alicyclic amines) is 1. The lowest BCUT2D eigenvalue weighted by Gasteiger charge is -2.17. The highest BCUT2D eigenvalue weighted by molar-refractivity contribution is 6.31. The summed E-state index contributed by atoms with van der Waals surface area (Å²) in [5, 5.41) is 11.9. The Labute approximate surface area is 115 Å². The zero-order valence-corrected chi connectivity index (χ0v) is 10.9. The van der Waals surface area contributed by atoms with Crippen molar-refractivity contribution in [2.24, 2.45) is 5.73 Å². The van der Waals surface area contributed by atoms with Crippen LogP contribution in [0.5, 0.6) is 0 Å². The molecule has 1 aliphatic heterocycles. The first-order valence-electron chi connectivity index (χ1n) is 5.81. The summed E-state index contributed by atoms with van der Waals surface area (Å²) >= 11 is 5.74. The van der Waals surface area contributed by atoms with Gasteiger partial charge >= 0.3 is 12.0 Å². The number of carbonyl (C=O) groups is 2. The fourth-order valence-electron chi connectivity index (χ4n) is 1.97. The molecule has 0 radical (unpaired) electrons. The number of carboxylic acid groups (broad SMARTS) is 1. The minimum Gasteiger partial charge on any atom is -0.478 e. The maximum atomic E-state index is 12.0. The van der Waals surface area contributed by atoms with Gasteiger partial charge in [-0.3, -0.25) is 0 Å². The fraction of sp³-hybridized carbons (Fsp3) is 0.333. The third-order valence-corrected chi connectivity index (χ3v) is 3.20. The number of carboxylic acids is 1. The maximum absolute atomic E-state index is 12.0. The van der Waals surface area contributed by atoms with Crippen LogP contribution >= 0.6 is 11.6 Å². The van der Waals surface area contributed by atoms with E-state index in [1.807, 2.05) is 0 Å². The topological polar surface area (TPSA) is 95.7 Å². The molecular formula is C12H14ClN3O3. The molecule has 1 atom stereocenters. The van der Waals surface area contributed by atoms with E-state index < -0.39 is 5.97 Å². The van der Waals surface area contributed by atoms with E-state index in [1.54, 1.807) is 4.90 Å². The van der Waals surface area contributed by atoms with Crippen molar-refractivity contribution in [2.75, 3.05) is 18.4 Å². The molecule has 0 aromatic heterocycles. The van der Waals surface area contributed by atoms with Gasteiger partial charge in [0.05, 0.1) is 11.3 Å². The number of nitrogens with one attached hydrogen (secondary N) is 1. The number of carbonyl (C=O) groups excluding carboxylic acids is 1. The van der Waals surface area contributed by atoms with Gasteiger partial charge in [-0.2, -0.15) is 0 Å². The fourth-order valence-corrected chi connectivity index (χ4v) is 2.14. The quantitative estimate of drug-likeness (QED) is 0.768. The number of halogens is 1. The largest absolute Gasteiger partial charge is 0.478 e. The van der Waals surface area contributed by atoms with E-state index in [-0.39, 0.29) is 23.3 Å². The number of nitrogens with two attached hydrogens (primary N) is 1. The Bertz CT molecular complexity index is 521. The average Bonchev–Trinajstić information content (AvgIpc) is 2.78. The number of urea groups is 1. The lowest BCUT2D eigenvalue weighted by atomic mass is 10.2. The van der Waals surface area contributed by atoms with Gasteiger partial charge < -0.3 is 21.1 Å². The van der Waals surface area contributed by atoms with Gasteiger partial charge in [-0.25, -0.2) is 9.59 Å². The van der Waals surface area contributed by atoms with Crippen LogP contribution < -0.4 is 11.1 Å². The van der Waals surface area contributed by atoms with Gasteiger partial charge in [-0.1, -0.05) is 11.6 Å². The van der Waals surface area contributed by atoms with Gasteiger partial charge in [0.2, 0.25) is 0 Å². The maximum Gasteiger partial charge on any atom is 0.337 e. The molecule has 1 unspecified atom stereocenters. The smallest absolute Gasteiger partial charge is 0.337 e. The Kier molecular flexibility index (Phi) is 3.92. The highest BCUT2D eigenvalue weighted by atomic mass is 35.5. The zero-order valence-electron chi connectivity index (χ0n) is 10.1. The summed E-state index contributed by atoms with van der Waals surface area (Å²) in [6.07, 6.45) is 0.750. The molecular weight excluding hydrogens is 270 g/mol. The van der Waals surface area contributed by atoms with Gasteiger partial charge in [0.25, 0.3) is 0 Å². The molecule has 1 heterocycles. The summed E-state index contributed by atoms with van der Waals surface area (Å²) in [6, 6.07) is 3.93. The second kappa shape index (κ2) is 5.46. The Morgan fingerprint density at radius 3 is 2.79 bits per heavy atom. The molecule has 7 heteroatoms. The first-order valence-corrected chi connectivity index (χ1v) is 6.19. The zero-order chi connectivity index (χ0) is 14.0. The highest BCUT2D eigenvalue weighted by Gasteiger charge is 2.24. The first-order chi connectivity index (χ1) is 8.97. The molecule has 1 fully saturated rings. The molecule has 19 heavy (non-hydrogen) atoms. The molecule has 2 amide bonds. The monoisotopic (exact) mass is 283 g/mol. The molecule has 4 N–H and O–H groups in total. The van der Waals surface area contributed by atoms with Crippen molar-refractivity contribution in [1.29, 1.82) is 0 Å². The number of rotatable bonds is 2. The third kappa shape index (κ3) is 3.15. The number of amides is 2. The Balaban J connectivity index is 2.14. The van der Waals surface area contributed by atoms with Gasteiger partial charge in [0, 0.05) is 24.2 Å².